The van der Waals surface area contributed by atoms with Gasteiger partial charge in [0.05, 0.1) is 7.11 Å². The Labute approximate surface area is 184 Å². The average Bonchev–Trinajstić information content (AvgIpc) is 3.02. The van der Waals surface area contributed by atoms with Crippen molar-refractivity contribution in [3.8, 4) is 5.75 Å². The van der Waals surface area contributed by atoms with Crippen LogP contribution in [0.25, 0.3) is 0 Å². The molecule has 1 aliphatic heterocycles. The van der Waals surface area contributed by atoms with E-state index in [0.29, 0.717) is 12.6 Å². The molecule has 0 radical (unpaired) electrons. The summed E-state index contributed by atoms with van der Waals surface area (Å²) in [5, 5.41) is 6.97. The van der Waals surface area contributed by atoms with E-state index in [0.717, 1.165) is 54.7 Å². The number of hydrogen-bond donors (Lipinski definition) is 2. The third-order valence-corrected chi connectivity index (χ3v) is 4.99. The Hall–Kier alpha value is -1.90. The fraction of sp³-hybridized carbons (Fsp3) is 0.476. The molecule has 0 aliphatic carbocycles. The molecule has 28 heavy (non-hydrogen) atoms. The van der Waals surface area contributed by atoms with Crippen LogP contribution < -0.4 is 20.3 Å². The van der Waals surface area contributed by atoms with E-state index in [1.165, 1.54) is 5.69 Å². The fourth-order valence-corrected chi connectivity index (χ4v) is 3.56. The van der Waals surface area contributed by atoms with Crippen LogP contribution >= 0.6 is 24.0 Å². The first kappa shape index (κ1) is 22.4. The summed E-state index contributed by atoms with van der Waals surface area (Å²) in [6.07, 6.45) is 2.27. The first-order chi connectivity index (χ1) is 13.1. The van der Waals surface area contributed by atoms with Crippen LogP contribution in [-0.2, 0) is 6.54 Å². The van der Waals surface area contributed by atoms with Crippen molar-refractivity contribution in [2.24, 2.45) is 4.99 Å². The molecule has 1 fully saturated rings. The highest BCUT2D eigenvalue weighted by molar-refractivity contribution is 14.0. The number of benzene rings is 1. The Morgan fingerprint density at radius 2 is 2.14 bits per heavy atom. The van der Waals surface area contributed by atoms with Crippen molar-refractivity contribution in [3.05, 3.63) is 47.4 Å². The summed E-state index contributed by atoms with van der Waals surface area (Å²) in [4.78, 5) is 6.79. The number of nitrogens with zero attached hydrogens (tertiary/aromatic N) is 2. The van der Waals surface area contributed by atoms with Gasteiger partial charge in [0, 0.05) is 50.0 Å². The summed E-state index contributed by atoms with van der Waals surface area (Å²) in [5.74, 6) is 3.61. The van der Waals surface area contributed by atoms with E-state index in [1.54, 1.807) is 7.11 Å². The summed E-state index contributed by atoms with van der Waals surface area (Å²) < 4.78 is 11.0. The molecule has 2 heterocycles. The lowest BCUT2D eigenvalue weighted by atomic mass is 10.0. The summed E-state index contributed by atoms with van der Waals surface area (Å²) in [6, 6.07) is 10.7. The van der Waals surface area contributed by atoms with Crippen LogP contribution in [0.1, 0.15) is 29.9 Å². The smallest absolute Gasteiger partial charge is 0.191 e. The van der Waals surface area contributed by atoms with E-state index in [4.69, 9.17) is 9.15 Å². The molecule has 1 aromatic heterocycles. The minimum absolute atomic E-state index is 0. The number of aryl methyl sites for hydroxylation is 2. The topological polar surface area (TPSA) is 62.0 Å². The van der Waals surface area contributed by atoms with Gasteiger partial charge in [0.25, 0.3) is 0 Å². The molecular weight excluding hydrogens is 467 g/mol. The van der Waals surface area contributed by atoms with Crippen molar-refractivity contribution in [3.63, 3.8) is 0 Å². The zero-order valence-corrected chi connectivity index (χ0v) is 19.4. The third-order valence-electron chi connectivity index (χ3n) is 4.99. The van der Waals surface area contributed by atoms with Gasteiger partial charge in [-0.3, -0.25) is 4.99 Å². The van der Waals surface area contributed by atoms with Crippen molar-refractivity contribution in [1.29, 1.82) is 0 Å². The number of hydrogen-bond acceptors (Lipinski definition) is 4. The lowest BCUT2D eigenvalue weighted by Gasteiger charge is -2.35. The molecule has 0 saturated carbocycles. The number of aliphatic imine (C=N–C) groups is 1. The van der Waals surface area contributed by atoms with Crippen molar-refractivity contribution < 1.29 is 9.15 Å². The molecular formula is C21H31IN4O2. The lowest BCUT2D eigenvalue weighted by Crippen LogP contribution is -2.51. The maximum atomic E-state index is 5.60. The molecule has 154 valence electrons. The molecule has 2 N–H and O–H groups in total. The van der Waals surface area contributed by atoms with Gasteiger partial charge in [-0.15, -0.1) is 24.0 Å². The van der Waals surface area contributed by atoms with Crippen LogP contribution in [0.4, 0.5) is 5.69 Å². The molecule has 3 rings (SSSR count). The molecule has 0 bridgehead atoms. The predicted molar refractivity (Wildman–Crippen MR) is 125 cm³/mol. The Morgan fingerprint density at radius 1 is 1.32 bits per heavy atom. The maximum absolute atomic E-state index is 5.60. The molecule has 0 amide bonds. The van der Waals surface area contributed by atoms with Gasteiger partial charge in [-0.25, -0.2) is 0 Å². The Bertz CT molecular complexity index is 790. The summed E-state index contributed by atoms with van der Waals surface area (Å²) >= 11 is 0. The van der Waals surface area contributed by atoms with Gasteiger partial charge in [0.1, 0.15) is 17.3 Å². The van der Waals surface area contributed by atoms with Crippen molar-refractivity contribution in [2.75, 3.05) is 32.1 Å². The highest BCUT2D eigenvalue weighted by Crippen LogP contribution is 2.24. The Morgan fingerprint density at radius 3 is 2.82 bits per heavy atom. The van der Waals surface area contributed by atoms with Gasteiger partial charge < -0.3 is 24.7 Å². The molecule has 7 heteroatoms. The van der Waals surface area contributed by atoms with Gasteiger partial charge in [-0.2, -0.15) is 0 Å². The number of halogens is 1. The second-order valence-corrected chi connectivity index (χ2v) is 7.00. The number of rotatable bonds is 5. The number of anilines is 1. The Kier molecular flexibility index (Phi) is 8.47. The van der Waals surface area contributed by atoms with Gasteiger partial charge in [0.15, 0.2) is 5.96 Å². The van der Waals surface area contributed by atoms with E-state index < -0.39 is 0 Å². The zero-order chi connectivity index (χ0) is 19.2. The van der Waals surface area contributed by atoms with E-state index in [2.05, 4.69) is 38.7 Å². The monoisotopic (exact) mass is 498 g/mol. The molecule has 1 aliphatic rings. The predicted octanol–water partition coefficient (Wildman–Crippen LogP) is 3.86. The Balaban J connectivity index is 0.00000280. The second kappa shape index (κ2) is 10.6. The van der Waals surface area contributed by atoms with Crippen molar-refractivity contribution >= 4 is 35.6 Å². The number of ether oxygens (including phenoxy) is 1. The van der Waals surface area contributed by atoms with Gasteiger partial charge >= 0.3 is 0 Å². The van der Waals surface area contributed by atoms with Gasteiger partial charge in [0.2, 0.25) is 0 Å². The van der Waals surface area contributed by atoms with Crippen LogP contribution in [0.3, 0.4) is 0 Å². The maximum Gasteiger partial charge on any atom is 0.191 e. The molecule has 2 aromatic rings. The first-order valence-corrected chi connectivity index (χ1v) is 9.51. The summed E-state index contributed by atoms with van der Waals surface area (Å²) in [7, 11) is 3.52. The quantitative estimate of drug-likeness (QED) is 0.373. The van der Waals surface area contributed by atoms with Crippen LogP contribution in [0, 0.1) is 13.8 Å². The van der Waals surface area contributed by atoms with Crippen LogP contribution in [0.5, 0.6) is 5.75 Å². The van der Waals surface area contributed by atoms with E-state index in [1.807, 2.05) is 33.0 Å². The minimum atomic E-state index is 0. The van der Waals surface area contributed by atoms with Gasteiger partial charge in [-0.05, 0) is 44.9 Å². The number of guanidine groups is 1. The van der Waals surface area contributed by atoms with Crippen LogP contribution in [0.2, 0.25) is 0 Å². The molecule has 1 unspecified atom stereocenters. The molecule has 1 aromatic carbocycles. The van der Waals surface area contributed by atoms with E-state index in [9.17, 15) is 0 Å². The highest BCUT2D eigenvalue weighted by atomic mass is 127. The van der Waals surface area contributed by atoms with Crippen LogP contribution in [-0.4, -0.2) is 39.2 Å². The molecule has 1 atom stereocenters. The highest BCUT2D eigenvalue weighted by Gasteiger charge is 2.21. The minimum Gasteiger partial charge on any atom is -0.497 e. The van der Waals surface area contributed by atoms with E-state index >= 15 is 0 Å². The number of nitrogens with one attached hydrogen (secondary N) is 2. The number of methoxy groups -OCH3 is 1. The molecule has 0 spiro atoms. The van der Waals surface area contributed by atoms with Crippen LogP contribution in [0.15, 0.2) is 39.7 Å². The zero-order valence-electron chi connectivity index (χ0n) is 17.1. The first-order valence-electron chi connectivity index (χ1n) is 9.51. The average molecular weight is 498 g/mol. The lowest BCUT2D eigenvalue weighted by molar-refractivity contribution is 0.414. The standard InChI is InChI=1S/C21H30N4O2.HI/c1-15-11-17(16(2)27-15)13-23-21(22-3)24-18-7-6-10-25(14-18)19-8-5-9-20(12-19)26-4;/h5,8-9,11-12,18H,6-7,10,13-14H2,1-4H3,(H2,22,23,24);1H. The number of piperidine rings is 1. The summed E-state index contributed by atoms with van der Waals surface area (Å²) in [6.45, 7) is 6.67. The normalized spacial score (nSPS) is 17.1. The molecule has 6 nitrogen and oxygen atoms in total. The SMILES string of the molecule is CN=C(NCc1cc(C)oc1C)NC1CCCN(c2cccc(OC)c2)C1.I. The fourth-order valence-electron chi connectivity index (χ4n) is 3.56. The van der Waals surface area contributed by atoms with E-state index in [-0.39, 0.29) is 24.0 Å². The molecule has 1 saturated heterocycles. The number of furan rings is 1. The second-order valence-electron chi connectivity index (χ2n) is 7.00. The largest absolute Gasteiger partial charge is 0.497 e. The van der Waals surface area contributed by atoms with Crippen molar-refractivity contribution in [2.45, 2.75) is 39.3 Å². The van der Waals surface area contributed by atoms with Gasteiger partial charge in [-0.1, -0.05) is 6.07 Å². The van der Waals surface area contributed by atoms with Crippen molar-refractivity contribution in [1.82, 2.24) is 10.6 Å². The third kappa shape index (κ3) is 5.80. The summed E-state index contributed by atoms with van der Waals surface area (Å²) in [5.41, 5.74) is 2.37.